The zero-order chi connectivity index (χ0) is 9.68. The van der Waals surface area contributed by atoms with E-state index in [-0.39, 0.29) is 0 Å². The van der Waals surface area contributed by atoms with Crippen LogP contribution in [0.15, 0.2) is 18.2 Å². The number of pyridine rings is 1. The smallest absolute Gasteiger partial charge is 0.0931 e. The minimum Gasteiger partial charge on any atom is -0.387 e. The molecule has 0 aliphatic rings. The highest BCUT2D eigenvalue weighted by atomic mass is 16.3. The number of aromatic nitrogens is 1. The molecule has 0 fully saturated rings. The number of hydrogen-bond acceptors (Lipinski definition) is 3. The van der Waals surface area contributed by atoms with Crippen molar-refractivity contribution in [3.63, 3.8) is 0 Å². The maximum atomic E-state index is 9.25. The Kier molecular flexibility index (Phi) is 3.41. The van der Waals surface area contributed by atoms with Gasteiger partial charge in [0.05, 0.1) is 17.9 Å². The first-order chi connectivity index (χ1) is 6.24. The third-order valence-corrected chi connectivity index (χ3v) is 1.75. The van der Waals surface area contributed by atoms with Crippen LogP contribution in [0.2, 0.25) is 0 Å². The highest BCUT2D eigenvalue weighted by Gasteiger charge is 2.02. The SMILES string of the molecule is CC(O)c1cccc(CCC#N)n1. The van der Waals surface area contributed by atoms with Gasteiger partial charge in [0.15, 0.2) is 0 Å². The molecule has 0 amide bonds. The molecule has 0 bridgehead atoms. The average molecular weight is 176 g/mol. The van der Waals surface area contributed by atoms with Gasteiger partial charge in [-0.25, -0.2) is 0 Å². The summed E-state index contributed by atoms with van der Waals surface area (Å²) >= 11 is 0. The van der Waals surface area contributed by atoms with Gasteiger partial charge in [0, 0.05) is 18.5 Å². The number of aliphatic hydroxyl groups excluding tert-OH is 1. The molecule has 1 rings (SSSR count). The highest BCUT2D eigenvalue weighted by Crippen LogP contribution is 2.09. The lowest BCUT2D eigenvalue weighted by atomic mass is 10.2. The highest BCUT2D eigenvalue weighted by molar-refractivity contribution is 5.13. The Morgan fingerprint density at radius 2 is 2.38 bits per heavy atom. The van der Waals surface area contributed by atoms with Crippen molar-refractivity contribution in [3.05, 3.63) is 29.6 Å². The van der Waals surface area contributed by atoms with E-state index in [9.17, 15) is 5.11 Å². The molecule has 13 heavy (non-hydrogen) atoms. The Morgan fingerprint density at radius 1 is 1.62 bits per heavy atom. The number of nitrogens with zero attached hydrogens (tertiary/aromatic N) is 2. The summed E-state index contributed by atoms with van der Waals surface area (Å²) in [5, 5.41) is 17.6. The molecule has 1 aromatic heterocycles. The van der Waals surface area contributed by atoms with Crippen LogP contribution in [0.4, 0.5) is 0 Å². The van der Waals surface area contributed by atoms with E-state index in [4.69, 9.17) is 5.26 Å². The fraction of sp³-hybridized carbons (Fsp3) is 0.400. The van der Waals surface area contributed by atoms with Gasteiger partial charge in [-0.15, -0.1) is 0 Å². The molecule has 0 radical (unpaired) electrons. The van der Waals surface area contributed by atoms with Crippen molar-refractivity contribution in [2.45, 2.75) is 25.9 Å². The third kappa shape index (κ3) is 2.85. The minimum absolute atomic E-state index is 0.469. The van der Waals surface area contributed by atoms with Gasteiger partial charge >= 0.3 is 0 Å². The van der Waals surface area contributed by atoms with Gasteiger partial charge in [-0.3, -0.25) is 4.98 Å². The first kappa shape index (κ1) is 9.69. The first-order valence-corrected chi connectivity index (χ1v) is 4.25. The van der Waals surface area contributed by atoms with Crippen molar-refractivity contribution in [2.75, 3.05) is 0 Å². The number of aliphatic hydroxyl groups is 1. The molecular formula is C10H12N2O. The quantitative estimate of drug-likeness (QED) is 0.760. The van der Waals surface area contributed by atoms with E-state index in [0.29, 0.717) is 18.5 Å². The van der Waals surface area contributed by atoms with E-state index in [0.717, 1.165) is 5.69 Å². The van der Waals surface area contributed by atoms with Crippen LogP contribution in [-0.4, -0.2) is 10.1 Å². The lowest BCUT2D eigenvalue weighted by molar-refractivity contribution is 0.194. The summed E-state index contributed by atoms with van der Waals surface area (Å²) in [7, 11) is 0. The lowest BCUT2D eigenvalue weighted by Gasteiger charge is -2.04. The molecule has 3 heteroatoms. The molecule has 1 atom stereocenters. The molecule has 1 N–H and O–H groups in total. The predicted molar refractivity (Wildman–Crippen MR) is 48.8 cm³/mol. The summed E-state index contributed by atoms with van der Waals surface area (Å²) in [5.74, 6) is 0. The molecule has 0 aliphatic heterocycles. The Labute approximate surface area is 77.7 Å². The summed E-state index contributed by atoms with van der Waals surface area (Å²) < 4.78 is 0. The average Bonchev–Trinajstić information content (AvgIpc) is 2.15. The molecule has 0 aliphatic carbocycles. The van der Waals surface area contributed by atoms with E-state index in [1.807, 2.05) is 12.1 Å². The van der Waals surface area contributed by atoms with Crippen LogP contribution in [0, 0.1) is 11.3 Å². The van der Waals surface area contributed by atoms with Crippen molar-refractivity contribution in [1.29, 1.82) is 5.26 Å². The van der Waals surface area contributed by atoms with Gasteiger partial charge in [0.1, 0.15) is 0 Å². The monoisotopic (exact) mass is 176 g/mol. The second kappa shape index (κ2) is 4.58. The van der Waals surface area contributed by atoms with Crippen molar-refractivity contribution < 1.29 is 5.11 Å². The minimum atomic E-state index is -0.540. The number of nitriles is 1. The van der Waals surface area contributed by atoms with Crippen molar-refractivity contribution in [2.24, 2.45) is 0 Å². The van der Waals surface area contributed by atoms with E-state index >= 15 is 0 Å². The second-order valence-corrected chi connectivity index (χ2v) is 2.89. The molecule has 3 nitrogen and oxygen atoms in total. The fourth-order valence-corrected chi connectivity index (χ4v) is 1.05. The zero-order valence-corrected chi connectivity index (χ0v) is 7.57. The lowest BCUT2D eigenvalue weighted by Crippen LogP contribution is -1.98. The van der Waals surface area contributed by atoms with Crippen LogP contribution in [-0.2, 0) is 6.42 Å². The maximum absolute atomic E-state index is 9.25. The number of rotatable bonds is 3. The Balaban J connectivity index is 2.75. The molecule has 0 aromatic carbocycles. The van der Waals surface area contributed by atoms with Gasteiger partial charge in [-0.2, -0.15) is 5.26 Å². The van der Waals surface area contributed by atoms with Crippen molar-refractivity contribution >= 4 is 0 Å². The summed E-state index contributed by atoms with van der Waals surface area (Å²) in [6.45, 7) is 1.68. The van der Waals surface area contributed by atoms with Crippen molar-refractivity contribution in [3.8, 4) is 6.07 Å². The fourth-order valence-electron chi connectivity index (χ4n) is 1.05. The van der Waals surface area contributed by atoms with Crippen LogP contribution >= 0.6 is 0 Å². The molecular weight excluding hydrogens is 164 g/mol. The van der Waals surface area contributed by atoms with Crippen LogP contribution in [0.3, 0.4) is 0 Å². The van der Waals surface area contributed by atoms with Crippen molar-refractivity contribution in [1.82, 2.24) is 4.98 Å². The first-order valence-electron chi connectivity index (χ1n) is 4.25. The van der Waals surface area contributed by atoms with Gasteiger partial charge in [-0.05, 0) is 19.1 Å². The normalized spacial score (nSPS) is 12.1. The number of aryl methyl sites for hydroxylation is 1. The second-order valence-electron chi connectivity index (χ2n) is 2.89. The number of hydrogen-bond donors (Lipinski definition) is 1. The van der Waals surface area contributed by atoms with Crippen LogP contribution < -0.4 is 0 Å². The van der Waals surface area contributed by atoms with Gasteiger partial charge < -0.3 is 5.11 Å². The van der Waals surface area contributed by atoms with E-state index in [1.54, 1.807) is 13.0 Å². The van der Waals surface area contributed by atoms with Gasteiger partial charge in [0.25, 0.3) is 0 Å². The molecule has 0 saturated heterocycles. The Morgan fingerprint density at radius 3 is 3.00 bits per heavy atom. The largest absolute Gasteiger partial charge is 0.387 e. The van der Waals surface area contributed by atoms with E-state index < -0.39 is 6.10 Å². The molecule has 1 heterocycles. The molecule has 1 unspecified atom stereocenters. The summed E-state index contributed by atoms with van der Waals surface area (Å²) in [5.41, 5.74) is 1.52. The Hall–Kier alpha value is -1.40. The Bertz CT molecular complexity index is 315. The summed E-state index contributed by atoms with van der Waals surface area (Å²) in [4.78, 5) is 4.21. The van der Waals surface area contributed by atoms with Crippen LogP contribution in [0.5, 0.6) is 0 Å². The molecule has 0 spiro atoms. The molecule has 1 aromatic rings. The summed E-state index contributed by atoms with van der Waals surface area (Å²) in [6, 6.07) is 7.55. The maximum Gasteiger partial charge on any atom is 0.0931 e. The predicted octanol–water partition coefficient (Wildman–Crippen LogP) is 1.59. The zero-order valence-electron chi connectivity index (χ0n) is 7.57. The standard InChI is InChI=1S/C10H12N2O/c1-8(13)10-6-2-4-9(12-10)5-3-7-11/h2,4,6,8,13H,3,5H2,1H3. The van der Waals surface area contributed by atoms with Gasteiger partial charge in [0.2, 0.25) is 0 Å². The third-order valence-electron chi connectivity index (χ3n) is 1.75. The van der Waals surface area contributed by atoms with Crippen LogP contribution in [0.1, 0.15) is 30.8 Å². The topological polar surface area (TPSA) is 56.9 Å². The van der Waals surface area contributed by atoms with E-state index in [2.05, 4.69) is 11.1 Å². The van der Waals surface area contributed by atoms with Crippen LogP contribution in [0.25, 0.3) is 0 Å². The summed E-state index contributed by atoms with van der Waals surface area (Å²) in [6.07, 6.45) is 0.579. The van der Waals surface area contributed by atoms with E-state index in [1.165, 1.54) is 0 Å². The molecule has 0 saturated carbocycles. The molecule has 68 valence electrons. The van der Waals surface area contributed by atoms with Gasteiger partial charge in [-0.1, -0.05) is 6.07 Å².